The maximum Gasteiger partial charge on any atom is 0.248 e. The highest BCUT2D eigenvalue weighted by atomic mass is 35.5. The number of halogens is 2. The van der Waals surface area contributed by atoms with E-state index in [2.05, 4.69) is 5.32 Å². The molecular weight excluding hydrogens is 249 g/mol. The van der Waals surface area contributed by atoms with E-state index in [9.17, 15) is 4.79 Å². The first-order valence-electron chi connectivity index (χ1n) is 4.90. The van der Waals surface area contributed by atoms with Crippen LogP contribution >= 0.6 is 23.2 Å². The molecular formula is C11H13Cl2NO2. The normalized spacial score (nSPS) is 12.2. The molecule has 0 aromatic heterocycles. The zero-order valence-electron chi connectivity index (χ0n) is 8.84. The summed E-state index contributed by atoms with van der Waals surface area (Å²) in [4.78, 5) is 11.1. The first kappa shape index (κ1) is 13.3. The van der Waals surface area contributed by atoms with Crippen molar-refractivity contribution in [3.05, 3.63) is 33.8 Å². The first-order valence-corrected chi connectivity index (χ1v) is 5.66. The van der Waals surface area contributed by atoms with Gasteiger partial charge in [-0.2, -0.15) is 0 Å². The van der Waals surface area contributed by atoms with Gasteiger partial charge in [-0.25, -0.2) is 0 Å². The average molecular weight is 262 g/mol. The molecule has 1 aromatic rings. The number of amides is 1. The minimum absolute atomic E-state index is 0.384. The van der Waals surface area contributed by atoms with Gasteiger partial charge >= 0.3 is 0 Å². The second kappa shape index (κ2) is 6.09. The molecule has 88 valence electrons. The summed E-state index contributed by atoms with van der Waals surface area (Å²) in [6, 6.07) is 5.23. The van der Waals surface area contributed by atoms with Crippen molar-refractivity contribution in [2.24, 2.45) is 0 Å². The minimum Gasteiger partial charge on any atom is -0.384 e. The van der Waals surface area contributed by atoms with Gasteiger partial charge in [-0.05, 0) is 31.0 Å². The highest BCUT2D eigenvalue weighted by molar-refractivity contribution is 6.35. The van der Waals surface area contributed by atoms with Gasteiger partial charge in [0.25, 0.3) is 0 Å². The van der Waals surface area contributed by atoms with Gasteiger partial charge in [-0.3, -0.25) is 4.79 Å². The monoisotopic (exact) mass is 261 g/mol. The van der Waals surface area contributed by atoms with Crippen LogP contribution in [0.3, 0.4) is 0 Å². The molecule has 0 heterocycles. The van der Waals surface area contributed by atoms with Gasteiger partial charge < -0.3 is 10.4 Å². The van der Waals surface area contributed by atoms with Crippen molar-refractivity contribution < 1.29 is 9.90 Å². The summed E-state index contributed by atoms with van der Waals surface area (Å²) in [5, 5.41) is 12.7. The van der Waals surface area contributed by atoms with E-state index in [-0.39, 0.29) is 5.91 Å². The van der Waals surface area contributed by atoms with E-state index in [4.69, 9.17) is 28.3 Å². The second-order valence-electron chi connectivity index (χ2n) is 3.45. The molecule has 16 heavy (non-hydrogen) atoms. The van der Waals surface area contributed by atoms with E-state index in [1.807, 2.05) is 6.07 Å². The molecule has 1 atom stereocenters. The number of nitrogens with one attached hydrogen (secondary N) is 1. The molecule has 0 radical (unpaired) electrons. The Balaban J connectivity index is 2.46. The third-order valence-corrected chi connectivity index (χ3v) is 2.68. The zero-order valence-corrected chi connectivity index (χ0v) is 10.3. The van der Waals surface area contributed by atoms with Crippen LogP contribution < -0.4 is 5.32 Å². The summed E-state index contributed by atoms with van der Waals surface area (Å²) in [7, 11) is 0. The van der Waals surface area contributed by atoms with Crippen LogP contribution in [0.25, 0.3) is 0 Å². The molecule has 0 bridgehead atoms. The third-order valence-electron chi connectivity index (χ3n) is 2.09. The van der Waals surface area contributed by atoms with Crippen molar-refractivity contribution in [3.63, 3.8) is 0 Å². The van der Waals surface area contributed by atoms with Crippen LogP contribution in [0.1, 0.15) is 12.5 Å². The lowest BCUT2D eigenvalue weighted by atomic mass is 10.1. The molecule has 1 aromatic carbocycles. The quantitative estimate of drug-likeness (QED) is 0.872. The Morgan fingerprint density at radius 1 is 1.50 bits per heavy atom. The van der Waals surface area contributed by atoms with Crippen molar-refractivity contribution in [3.8, 4) is 0 Å². The number of benzene rings is 1. The summed E-state index contributed by atoms with van der Waals surface area (Å²) in [5.74, 6) is -0.384. The predicted molar refractivity (Wildman–Crippen MR) is 64.9 cm³/mol. The van der Waals surface area contributed by atoms with E-state index >= 15 is 0 Å². The lowest BCUT2D eigenvalue weighted by molar-refractivity contribution is -0.128. The maximum atomic E-state index is 11.1. The van der Waals surface area contributed by atoms with Crippen molar-refractivity contribution in [2.45, 2.75) is 19.4 Å². The topological polar surface area (TPSA) is 49.3 Å². The van der Waals surface area contributed by atoms with Crippen molar-refractivity contribution in [1.29, 1.82) is 0 Å². The number of hydrogen-bond acceptors (Lipinski definition) is 2. The smallest absolute Gasteiger partial charge is 0.248 e. The highest BCUT2D eigenvalue weighted by Crippen LogP contribution is 2.20. The van der Waals surface area contributed by atoms with Gasteiger partial charge in [0, 0.05) is 16.6 Å². The van der Waals surface area contributed by atoms with Crippen LogP contribution in [0.5, 0.6) is 0 Å². The fourth-order valence-electron chi connectivity index (χ4n) is 1.19. The van der Waals surface area contributed by atoms with Crippen molar-refractivity contribution >= 4 is 29.1 Å². The molecule has 0 fully saturated rings. The Hall–Kier alpha value is -0.770. The molecule has 0 aliphatic carbocycles. The van der Waals surface area contributed by atoms with Crippen LogP contribution in [0.2, 0.25) is 10.0 Å². The number of aliphatic hydroxyl groups is 1. The van der Waals surface area contributed by atoms with Gasteiger partial charge in [0.2, 0.25) is 5.91 Å². The molecule has 2 N–H and O–H groups in total. The van der Waals surface area contributed by atoms with E-state index in [0.717, 1.165) is 5.56 Å². The summed E-state index contributed by atoms with van der Waals surface area (Å²) < 4.78 is 0. The molecule has 1 amide bonds. The lowest BCUT2D eigenvalue weighted by Gasteiger charge is -2.08. The number of rotatable bonds is 4. The van der Waals surface area contributed by atoms with E-state index in [0.29, 0.717) is 23.0 Å². The SMILES string of the molecule is CC(O)C(=O)NCCc1ccc(Cl)cc1Cl. The Labute approximate surface area is 104 Å². The molecule has 0 saturated heterocycles. The summed E-state index contributed by atoms with van der Waals surface area (Å²) in [6.45, 7) is 1.86. The first-order chi connectivity index (χ1) is 7.50. The Morgan fingerprint density at radius 3 is 2.75 bits per heavy atom. The number of aliphatic hydroxyl groups excluding tert-OH is 1. The van der Waals surface area contributed by atoms with Crippen LogP contribution in [0.4, 0.5) is 0 Å². The molecule has 3 nitrogen and oxygen atoms in total. The maximum absolute atomic E-state index is 11.1. The Bertz CT molecular complexity index is 380. The van der Waals surface area contributed by atoms with Gasteiger partial charge in [0.05, 0.1) is 0 Å². The van der Waals surface area contributed by atoms with Gasteiger partial charge in [0.15, 0.2) is 0 Å². The lowest BCUT2D eigenvalue weighted by Crippen LogP contribution is -2.33. The van der Waals surface area contributed by atoms with Crippen LogP contribution in [0, 0.1) is 0 Å². The van der Waals surface area contributed by atoms with E-state index in [1.54, 1.807) is 12.1 Å². The molecule has 0 aliphatic heterocycles. The molecule has 0 spiro atoms. The molecule has 1 rings (SSSR count). The summed E-state index contributed by atoms with van der Waals surface area (Å²) in [6.07, 6.45) is -0.380. The summed E-state index contributed by atoms with van der Waals surface area (Å²) >= 11 is 11.7. The molecule has 0 saturated carbocycles. The predicted octanol–water partition coefficient (Wildman–Crippen LogP) is 2.03. The number of carbonyl (C=O) groups excluding carboxylic acids is 1. The van der Waals surface area contributed by atoms with Gasteiger partial charge in [-0.15, -0.1) is 0 Å². The number of hydrogen-bond donors (Lipinski definition) is 2. The Morgan fingerprint density at radius 2 is 2.19 bits per heavy atom. The summed E-state index contributed by atoms with van der Waals surface area (Å²) in [5.41, 5.74) is 0.914. The standard InChI is InChI=1S/C11H13Cl2NO2/c1-7(15)11(16)14-5-4-8-2-3-9(12)6-10(8)13/h2-3,6-7,15H,4-5H2,1H3,(H,14,16). The average Bonchev–Trinajstić information content (AvgIpc) is 2.20. The highest BCUT2D eigenvalue weighted by Gasteiger charge is 2.07. The van der Waals surface area contributed by atoms with Crippen LogP contribution in [0.15, 0.2) is 18.2 Å². The zero-order chi connectivity index (χ0) is 12.1. The number of carbonyl (C=O) groups is 1. The minimum atomic E-state index is -0.985. The molecule has 0 aliphatic rings. The van der Waals surface area contributed by atoms with Crippen molar-refractivity contribution in [1.82, 2.24) is 5.32 Å². The fourth-order valence-corrected chi connectivity index (χ4v) is 1.70. The molecule has 1 unspecified atom stereocenters. The Kier molecular flexibility index (Phi) is 5.06. The van der Waals surface area contributed by atoms with E-state index in [1.165, 1.54) is 6.92 Å². The van der Waals surface area contributed by atoms with Crippen molar-refractivity contribution in [2.75, 3.05) is 6.54 Å². The molecule has 5 heteroatoms. The van der Waals surface area contributed by atoms with E-state index < -0.39 is 6.10 Å². The van der Waals surface area contributed by atoms with Crippen LogP contribution in [-0.2, 0) is 11.2 Å². The van der Waals surface area contributed by atoms with Crippen LogP contribution in [-0.4, -0.2) is 23.7 Å². The second-order valence-corrected chi connectivity index (χ2v) is 4.30. The van der Waals surface area contributed by atoms with Gasteiger partial charge in [0.1, 0.15) is 6.10 Å². The fraction of sp³-hybridized carbons (Fsp3) is 0.364. The third kappa shape index (κ3) is 4.00. The largest absolute Gasteiger partial charge is 0.384 e. The van der Waals surface area contributed by atoms with Gasteiger partial charge in [-0.1, -0.05) is 29.3 Å².